The summed E-state index contributed by atoms with van der Waals surface area (Å²) in [5.74, 6) is 1.70. The normalized spacial score (nSPS) is 10.4. The van der Waals surface area contributed by atoms with E-state index in [2.05, 4.69) is 15.9 Å². The standard InChI is InChI=1S/C15H16BrNO/c1-10-3-4-12(9-17)8-15(10)18-13-5-6-14(16)11(2)7-13/h3-8H,9,17H2,1-2H3. The largest absolute Gasteiger partial charge is 0.457 e. The van der Waals surface area contributed by atoms with Gasteiger partial charge in [-0.3, -0.25) is 0 Å². The monoisotopic (exact) mass is 305 g/mol. The number of ether oxygens (including phenoxy) is 1. The van der Waals surface area contributed by atoms with Gasteiger partial charge in [0.15, 0.2) is 0 Å². The zero-order chi connectivity index (χ0) is 13.1. The van der Waals surface area contributed by atoms with Gasteiger partial charge in [0, 0.05) is 11.0 Å². The first-order valence-corrected chi connectivity index (χ1v) is 6.63. The molecule has 94 valence electrons. The van der Waals surface area contributed by atoms with Crippen molar-refractivity contribution in [3.63, 3.8) is 0 Å². The SMILES string of the molecule is Cc1cc(Oc2cc(CN)ccc2C)ccc1Br. The Morgan fingerprint density at radius 1 is 1.06 bits per heavy atom. The topological polar surface area (TPSA) is 35.2 Å². The van der Waals surface area contributed by atoms with Gasteiger partial charge >= 0.3 is 0 Å². The van der Waals surface area contributed by atoms with Gasteiger partial charge in [0.2, 0.25) is 0 Å². The van der Waals surface area contributed by atoms with Crippen molar-refractivity contribution in [3.8, 4) is 11.5 Å². The molecule has 0 radical (unpaired) electrons. The molecule has 2 aromatic rings. The number of hydrogen-bond acceptors (Lipinski definition) is 2. The second-order valence-corrected chi connectivity index (χ2v) is 5.17. The third kappa shape index (κ3) is 2.92. The molecule has 0 aliphatic carbocycles. The van der Waals surface area contributed by atoms with Gasteiger partial charge in [-0.25, -0.2) is 0 Å². The molecule has 3 heteroatoms. The van der Waals surface area contributed by atoms with Crippen LogP contribution in [0.4, 0.5) is 0 Å². The Morgan fingerprint density at radius 2 is 1.83 bits per heavy atom. The Hall–Kier alpha value is -1.32. The van der Waals surface area contributed by atoms with Crippen molar-refractivity contribution in [1.29, 1.82) is 0 Å². The van der Waals surface area contributed by atoms with Gasteiger partial charge in [0.1, 0.15) is 11.5 Å². The Labute approximate surface area is 116 Å². The zero-order valence-corrected chi connectivity index (χ0v) is 12.1. The van der Waals surface area contributed by atoms with E-state index in [1.165, 1.54) is 0 Å². The van der Waals surface area contributed by atoms with Crippen LogP contribution in [0.25, 0.3) is 0 Å². The summed E-state index contributed by atoms with van der Waals surface area (Å²) >= 11 is 3.48. The highest BCUT2D eigenvalue weighted by Crippen LogP contribution is 2.28. The van der Waals surface area contributed by atoms with Gasteiger partial charge < -0.3 is 10.5 Å². The van der Waals surface area contributed by atoms with E-state index < -0.39 is 0 Å². The fraction of sp³-hybridized carbons (Fsp3) is 0.200. The number of nitrogens with two attached hydrogens (primary N) is 1. The molecule has 0 heterocycles. The lowest BCUT2D eigenvalue weighted by Gasteiger charge is -2.11. The van der Waals surface area contributed by atoms with Gasteiger partial charge in [-0.2, -0.15) is 0 Å². The van der Waals surface area contributed by atoms with E-state index in [0.29, 0.717) is 6.54 Å². The number of rotatable bonds is 3. The predicted molar refractivity (Wildman–Crippen MR) is 78.0 cm³/mol. The first kappa shape index (κ1) is 13.1. The molecule has 0 saturated heterocycles. The summed E-state index contributed by atoms with van der Waals surface area (Å²) in [5, 5.41) is 0. The summed E-state index contributed by atoms with van der Waals surface area (Å²) in [7, 11) is 0. The maximum absolute atomic E-state index is 5.91. The molecule has 0 aliphatic heterocycles. The van der Waals surface area contributed by atoms with Gasteiger partial charge in [0.25, 0.3) is 0 Å². The van der Waals surface area contributed by atoms with Gasteiger partial charge in [0.05, 0.1) is 0 Å². The van der Waals surface area contributed by atoms with Crippen LogP contribution in [0.3, 0.4) is 0 Å². The molecule has 0 aliphatic rings. The number of benzene rings is 2. The fourth-order valence-electron chi connectivity index (χ4n) is 1.69. The molecule has 0 atom stereocenters. The summed E-state index contributed by atoms with van der Waals surface area (Å²) in [6.45, 7) is 4.59. The maximum Gasteiger partial charge on any atom is 0.130 e. The van der Waals surface area contributed by atoms with E-state index >= 15 is 0 Å². The van der Waals surface area contributed by atoms with Gasteiger partial charge in [-0.15, -0.1) is 0 Å². The lowest BCUT2D eigenvalue weighted by Crippen LogP contribution is -1.97. The molecule has 2 aromatic carbocycles. The van der Waals surface area contributed by atoms with Crippen molar-refractivity contribution in [2.75, 3.05) is 0 Å². The van der Waals surface area contributed by atoms with Crippen molar-refractivity contribution < 1.29 is 4.74 Å². The third-order valence-electron chi connectivity index (χ3n) is 2.85. The summed E-state index contributed by atoms with van der Waals surface area (Å²) in [6, 6.07) is 12.0. The Bertz CT molecular complexity index is 566. The molecule has 0 saturated carbocycles. The average Bonchev–Trinajstić information content (AvgIpc) is 2.36. The number of halogens is 1. The highest BCUT2D eigenvalue weighted by Gasteiger charge is 2.04. The molecule has 2 rings (SSSR count). The summed E-state index contributed by atoms with van der Waals surface area (Å²) in [5.41, 5.74) is 8.98. The molecular weight excluding hydrogens is 290 g/mol. The van der Waals surface area contributed by atoms with Crippen molar-refractivity contribution in [2.45, 2.75) is 20.4 Å². The number of aryl methyl sites for hydroxylation is 2. The van der Waals surface area contributed by atoms with Crippen LogP contribution in [0.5, 0.6) is 11.5 Å². The molecular formula is C15H16BrNO. The smallest absolute Gasteiger partial charge is 0.130 e. The predicted octanol–water partition coefficient (Wildman–Crippen LogP) is 4.32. The van der Waals surface area contributed by atoms with E-state index in [9.17, 15) is 0 Å². The first-order valence-electron chi connectivity index (χ1n) is 5.84. The third-order valence-corrected chi connectivity index (χ3v) is 3.74. The molecule has 2 nitrogen and oxygen atoms in total. The lowest BCUT2D eigenvalue weighted by molar-refractivity contribution is 0.477. The first-order chi connectivity index (χ1) is 8.60. The van der Waals surface area contributed by atoms with Crippen LogP contribution >= 0.6 is 15.9 Å². The van der Waals surface area contributed by atoms with Crippen LogP contribution in [0, 0.1) is 13.8 Å². The summed E-state index contributed by atoms with van der Waals surface area (Å²) in [4.78, 5) is 0. The van der Waals surface area contributed by atoms with Crippen LogP contribution in [0.15, 0.2) is 40.9 Å². The quantitative estimate of drug-likeness (QED) is 0.916. The summed E-state index contributed by atoms with van der Waals surface area (Å²) in [6.07, 6.45) is 0. The fourth-order valence-corrected chi connectivity index (χ4v) is 1.94. The van der Waals surface area contributed by atoms with E-state index in [1.54, 1.807) is 0 Å². The molecule has 2 N–H and O–H groups in total. The minimum Gasteiger partial charge on any atom is -0.457 e. The van der Waals surface area contributed by atoms with Crippen LogP contribution in [-0.2, 0) is 6.54 Å². The van der Waals surface area contributed by atoms with Crippen LogP contribution in [0.1, 0.15) is 16.7 Å². The van der Waals surface area contributed by atoms with Gasteiger partial charge in [-0.05, 0) is 54.8 Å². The molecule has 18 heavy (non-hydrogen) atoms. The zero-order valence-electron chi connectivity index (χ0n) is 10.5. The van der Waals surface area contributed by atoms with Crippen molar-refractivity contribution in [1.82, 2.24) is 0 Å². The second-order valence-electron chi connectivity index (χ2n) is 4.32. The highest BCUT2D eigenvalue weighted by atomic mass is 79.9. The second kappa shape index (κ2) is 5.55. The average molecular weight is 306 g/mol. The Kier molecular flexibility index (Phi) is 4.04. The molecule has 0 bridgehead atoms. The van der Waals surface area contributed by atoms with E-state index in [0.717, 1.165) is 32.7 Å². The summed E-state index contributed by atoms with van der Waals surface area (Å²) < 4.78 is 7.00. The van der Waals surface area contributed by atoms with E-state index in [1.807, 2.05) is 50.2 Å². The maximum atomic E-state index is 5.91. The Morgan fingerprint density at radius 3 is 2.50 bits per heavy atom. The number of hydrogen-bond donors (Lipinski definition) is 1. The van der Waals surface area contributed by atoms with E-state index in [4.69, 9.17) is 10.5 Å². The van der Waals surface area contributed by atoms with Crippen LogP contribution in [0.2, 0.25) is 0 Å². The van der Waals surface area contributed by atoms with Crippen LogP contribution < -0.4 is 10.5 Å². The van der Waals surface area contributed by atoms with Crippen molar-refractivity contribution in [2.24, 2.45) is 5.73 Å². The Balaban J connectivity index is 2.30. The van der Waals surface area contributed by atoms with Crippen molar-refractivity contribution in [3.05, 3.63) is 57.6 Å². The molecule has 0 amide bonds. The highest BCUT2D eigenvalue weighted by molar-refractivity contribution is 9.10. The molecule has 0 aromatic heterocycles. The molecule has 0 fully saturated rings. The minimum absolute atomic E-state index is 0.524. The van der Waals surface area contributed by atoms with E-state index in [-0.39, 0.29) is 0 Å². The van der Waals surface area contributed by atoms with Crippen LogP contribution in [-0.4, -0.2) is 0 Å². The lowest BCUT2D eigenvalue weighted by atomic mass is 10.1. The molecule has 0 unspecified atom stereocenters. The minimum atomic E-state index is 0.524. The van der Waals surface area contributed by atoms with Gasteiger partial charge in [-0.1, -0.05) is 28.1 Å². The van der Waals surface area contributed by atoms with Crippen molar-refractivity contribution >= 4 is 15.9 Å². The molecule has 0 spiro atoms.